The smallest absolute Gasteiger partial charge is 0.142 e. The number of hydrogen-bond donors (Lipinski definition) is 0. The summed E-state index contributed by atoms with van der Waals surface area (Å²) < 4.78 is 13.4. The molecule has 1 fully saturated rings. The van der Waals surface area contributed by atoms with Crippen LogP contribution >= 0.6 is 27.5 Å². The van der Waals surface area contributed by atoms with Crippen LogP contribution in [0, 0.1) is 11.7 Å². The van der Waals surface area contributed by atoms with Crippen LogP contribution in [0.25, 0.3) is 0 Å². The molecule has 0 bridgehead atoms. The standard InChI is InChI=1S/C14H17BrClF/c15-12-7-3-1-2-5-10(12)9-11-6-4-8-13(17)14(11)16/h4,6,8,10,12H,1-3,5,7,9H2. The maximum Gasteiger partial charge on any atom is 0.142 e. The van der Waals surface area contributed by atoms with Gasteiger partial charge in [-0.3, -0.25) is 0 Å². The molecule has 1 aliphatic carbocycles. The Morgan fingerprint density at radius 3 is 2.82 bits per heavy atom. The van der Waals surface area contributed by atoms with E-state index in [0.717, 1.165) is 12.0 Å². The molecule has 0 aliphatic heterocycles. The summed E-state index contributed by atoms with van der Waals surface area (Å²) in [6, 6.07) is 5.11. The van der Waals surface area contributed by atoms with Gasteiger partial charge in [0.25, 0.3) is 0 Å². The van der Waals surface area contributed by atoms with Gasteiger partial charge in [-0.15, -0.1) is 0 Å². The third-order valence-corrected chi connectivity index (χ3v) is 5.21. The first-order valence-corrected chi connectivity index (χ1v) is 7.55. The third-order valence-electron chi connectivity index (χ3n) is 3.58. The SMILES string of the molecule is Fc1cccc(CC2CCCCCC2Br)c1Cl. The summed E-state index contributed by atoms with van der Waals surface area (Å²) in [5.41, 5.74) is 0.947. The molecule has 3 heteroatoms. The number of benzene rings is 1. The molecule has 1 aliphatic rings. The predicted molar refractivity (Wildman–Crippen MR) is 74.4 cm³/mol. The fourth-order valence-corrected chi connectivity index (χ4v) is 3.54. The Bertz CT molecular complexity index is 380. The van der Waals surface area contributed by atoms with Crippen LogP contribution in [0.4, 0.5) is 4.39 Å². The fourth-order valence-electron chi connectivity index (χ4n) is 2.56. The molecule has 0 spiro atoms. The lowest BCUT2D eigenvalue weighted by Gasteiger charge is -2.20. The van der Waals surface area contributed by atoms with Gasteiger partial charge in [-0.25, -0.2) is 4.39 Å². The normalized spacial score (nSPS) is 25.6. The monoisotopic (exact) mass is 318 g/mol. The van der Waals surface area contributed by atoms with E-state index < -0.39 is 0 Å². The lowest BCUT2D eigenvalue weighted by molar-refractivity contribution is 0.474. The van der Waals surface area contributed by atoms with Crippen LogP contribution < -0.4 is 0 Å². The second kappa shape index (κ2) is 6.19. The molecule has 0 radical (unpaired) electrons. The van der Waals surface area contributed by atoms with Crippen molar-refractivity contribution >= 4 is 27.5 Å². The Balaban J connectivity index is 2.10. The minimum Gasteiger partial charge on any atom is -0.205 e. The Labute approximate surface area is 116 Å². The van der Waals surface area contributed by atoms with Crippen LogP contribution in [-0.4, -0.2) is 4.83 Å². The molecule has 2 rings (SSSR count). The summed E-state index contributed by atoms with van der Waals surface area (Å²) in [7, 11) is 0. The van der Waals surface area contributed by atoms with Crippen LogP contribution in [0.2, 0.25) is 5.02 Å². The van der Waals surface area contributed by atoms with E-state index in [4.69, 9.17) is 11.6 Å². The van der Waals surface area contributed by atoms with E-state index in [1.807, 2.05) is 6.07 Å². The molecule has 0 nitrogen and oxygen atoms in total. The molecule has 0 aromatic heterocycles. The number of halogens is 3. The Kier molecular flexibility index (Phi) is 4.87. The lowest BCUT2D eigenvalue weighted by atomic mass is 9.92. The van der Waals surface area contributed by atoms with E-state index in [2.05, 4.69) is 15.9 Å². The molecule has 1 saturated carbocycles. The predicted octanol–water partition coefficient (Wildman–Crippen LogP) is 5.37. The topological polar surface area (TPSA) is 0 Å². The highest BCUT2D eigenvalue weighted by atomic mass is 79.9. The zero-order valence-corrected chi connectivity index (χ0v) is 12.1. The highest BCUT2D eigenvalue weighted by Crippen LogP contribution is 2.33. The minimum absolute atomic E-state index is 0.302. The van der Waals surface area contributed by atoms with E-state index in [1.165, 1.54) is 38.2 Å². The quantitative estimate of drug-likeness (QED) is 0.508. The second-order valence-electron chi connectivity index (χ2n) is 4.83. The zero-order valence-electron chi connectivity index (χ0n) is 9.76. The molecule has 1 aromatic carbocycles. The molecule has 17 heavy (non-hydrogen) atoms. The van der Waals surface area contributed by atoms with Gasteiger partial charge in [0, 0.05) is 4.83 Å². The number of alkyl halides is 1. The molecule has 0 heterocycles. The van der Waals surface area contributed by atoms with Gasteiger partial charge in [0.1, 0.15) is 5.82 Å². The van der Waals surface area contributed by atoms with E-state index in [9.17, 15) is 4.39 Å². The average Bonchev–Trinajstić information content (AvgIpc) is 2.51. The van der Waals surface area contributed by atoms with Crippen molar-refractivity contribution < 1.29 is 4.39 Å². The van der Waals surface area contributed by atoms with E-state index in [-0.39, 0.29) is 5.82 Å². The van der Waals surface area contributed by atoms with Crippen LogP contribution in [0.1, 0.15) is 37.7 Å². The van der Waals surface area contributed by atoms with Crippen LogP contribution in [-0.2, 0) is 6.42 Å². The first-order chi connectivity index (χ1) is 8.18. The Morgan fingerprint density at radius 1 is 1.24 bits per heavy atom. The molecular weight excluding hydrogens is 303 g/mol. The van der Waals surface area contributed by atoms with Crippen molar-refractivity contribution in [2.75, 3.05) is 0 Å². The van der Waals surface area contributed by atoms with Gasteiger partial charge < -0.3 is 0 Å². The highest BCUT2D eigenvalue weighted by Gasteiger charge is 2.22. The van der Waals surface area contributed by atoms with Crippen molar-refractivity contribution in [3.8, 4) is 0 Å². The van der Waals surface area contributed by atoms with E-state index in [0.29, 0.717) is 15.8 Å². The van der Waals surface area contributed by atoms with Crippen molar-refractivity contribution in [1.82, 2.24) is 0 Å². The summed E-state index contributed by atoms with van der Waals surface area (Å²) in [5.74, 6) is 0.278. The molecule has 0 N–H and O–H groups in total. The Hall–Kier alpha value is -0.0800. The summed E-state index contributed by atoms with van der Waals surface area (Å²) >= 11 is 9.78. The molecule has 2 atom stereocenters. The van der Waals surface area contributed by atoms with Gasteiger partial charge in [-0.2, -0.15) is 0 Å². The molecule has 94 valence electrons. The summed E-state index contributed by atoms with van der Waals surface area (Å²) in [6.45, 7) is 0. The van der Waals surface area contributed by atoms with Crippen molar-refractivity contribution in [1.29, 1.82) is 0 Å². The Morgan fingerprint density at radius 2 is 2.00 bits per heavy atom. The second-order valence-corrected chi connectivity index (χ2v) is 6.39. The van der Waals surface area contributed by atoms with E-state index >= 15 is 0 Å². The minimum atomic E-state index is -0.302. The van der Waals surface area contributed by atoms with Crippen molar-refractivity contribution in [3.05, 3.63) is 34.6 Å². The summed E-state index contributed by atoms with van der Waals surface area (Å²) in [5, 5.41) is 0.302. The van der Waals surface area contributed by atoms with Crippen molar-refractivity contribution in [2.45, 2.75) is 43.4 Å². The molecule has 0 amide bonds. The van der Waals surface area contributed by atoms with Crippen LogP contribution in [0.15, 0.2) is 18.2 Å². The van der Waals surface area contributed by atoms with Crippen molar-refractivity contribution in [3.63, 3.8) is 0 Å². The van der Waals surface area contributed by atoms with Gasteiger partial charge in [0.05, 0.1) is 5.02 Å². The number of rotatable bonds is 2. The average molecular weight is 320 g/mol. The van der Waals surface area contributed by atoms with Gasteiger partial charge in [0.15, 0.2) is 0 Å². The highest BCUT2D eigenvalue weighted by molar-refractivity contribution is 9.09. The summed E-state index contributed by atoms with van der Waals surface area (Å²) in [4.78, 5) is 0.546. The molecule has 2 unspecified atom stereocenters. The number of hydrogen-bond acceptors (Lipinski definition) is 0. The zero-order chi connectivity index (χ0) is 12.3. The van der Waals surface area contributed by atoms with Crippen molar-refractivity contribution in [2.24, 2.45) is 5.92 Å². The van der Waals surface area contributed by atoms with Crippen LogP contribution in [0.3, 0.4) is 0 Å². The van der Waals surface area contributed by atoms with Gasteiger partial charge in [-0.1, -0.05) is 58.9 Å². The van der Waals surface area contributed by atoms with Crippen LogP contribution in [0.5, 0.6) is 0 Å². The molecule has 0 saturated heterocycles. The molecule has 1 aromatic rings. The first-order valence-electron chi connectivity index (χ1n) is 6.25. The largest absolute Gasteiger partial charge is 0.205 e. The molecular formula is C14H17BrClF. The maximum absolute atomic E-state index is 13.4. The van der Waals surface area contributed by atoms with Gasteiger partial charge >= 0.3 is 0 Å². The van der Waals surface area contributed by atoms with E-state index in [1.54, 1.807) is 6.07 Å². The first kappa shape index (κ1) is 13.4. The summed E-state index contributed by atoms with van der Waals surface area (Å²) in [6.07, 6.45) is 7.20. The van der Waals surface area contributed by atoms with Gasteiger partial charge in [0.2, 0.25) is 0 Å². The fraction of sp³-hybridized carbons (Fsp3) is 0.571. The van der Waals surface area contributed by atoms with Gasteiger partial charge in [-0.05, 0) is 36.8 Å². The third kappa shape index (κ3) is 3.45. The lowest BCUT2D eigenvalue weighted by Crippen LogP contribution is -2.15. The maximum atomic E-state index is 13.4.